The molecule has 2 unspecified atom stereocenters. The van der Waals surface area contributed by atoms with Gasteiger partial charge in [0, 0.05) is 19.3 Å². The minimum atomic E-state index is -1.03. The zero-order valence-corrected chi connectivity index (χ0v) is 11.3. The molecule has 1 amide bonds. The summed E-state index contributed by atoms with van der Waals surface area (Å²) >= 11 is 0. The first-order chi connectivity index (χ1) is 9.90. The molecular formula is C12H15N3O6. The van der Waals surface area contributed by atoms with Gasteiger partial charge in [0.1, 0.15) is 12.5 Å². The second-order valence-electron chi connectivity index (χ2n) is 4.79. The highest BCUT2D eigenvalue weighted by Crippen LogP contribution is 2.19. The van der Waals surface area contributed by atoms with E-state index < -0.39 is 35.1 Å². The highest BCUT2D eigenvalue weighted by atomic mass is 16.5. The molecule has 21 heavy (non-hydrogen) atoms. The molecule has 1 fully saturated rings. The number of aromatic nitrogens is 2. The highest BCUT2D eigenvalue weighted by molar-refractivity contribution is 5.78. The molecule has 1 saturated heterocycles. The summed E-state index contributed by atoms with van der Waals surface area (Å²) < 4.78 is 6.15. The summed E-state index contributed by atoms with van der Waals surface area (Å²) in [6, 6.07) is 0.557. The molecule has 2 rings (SSSR count). The molecule has 2 heterocycles. The van der Waals surface area contributed by atoms with Crippen molar-refractivity contribution in [1.82, 2.24) is 14.5 Å². The molecule has 0 saturated carbocycles. The molecule has 9 nitrogen and oxygen atoms in total. The number of carbonyl (C=O) groups excluding carboxylic acids is 1. The van der Waals surface area contributed by atoms with Crippen molar-refractivity contribution in [2.24, 2.45) is 5.92 Å². The predicted molar refractivity (Wildman–Crippen MR) is 69.8 cm³/mol. The van der Waals surface area contributed by atoms with E-state index in [1.807, 2.05) is 4.98 Å². The van der Waals surface area contributed by atoms with Crippen LogP contribution >= 0.6 is 0 Å². The van der Waals surface area contributed by atoms with Gasteiger partial charge in [-0.05, 0) is 0 Å². The molecule has 2 N–H and O–H groups in total. The van der Waals surface area contributed by atoms with Crippen molar-refractivity contribution in [3.63, 3.8) is 0 Å². The first-order valence-corrected chi connectivity index (χ1v) is 6.26. The van der Waals surface area contributed by atoms with Crippen molar-refractivity contribution in [2.45, 2.75) is 12.6 Å². The Labute approximate surface area is 118 Å². The molecule has 9 heteroatoms. The molecule has 1 aromatic rings. The lowest BCUT2D eigenvalue weighted by molar-refractivity contribution is -0.144. The fraction of sp³-hybridized carbons (Fsp3) is 0.500. The number of H-pyrrole nitrogens is 1. The number of hydrogen-bond acceptors (Lipinski definition) is 5. The Balaban J connectivity index is 2.11. The van der Waals surface area contributed by atoms with Crippen LogP contribution in [0.2, 0.25) is 0 Å². The predicted octanol–water partition coefficient (Wildman–Crippen LogP) is -1.91. The SMILES string of the molecule is CN(C(=O)Cn1ccc(=O)[nH]c1=O)C1COCC1C(=O)O. The Kier molecular flexibility index (Phi) is 4.22. The largest absolute Gasteiger partial charge is 0.481 e. The number of carboxylic acid groups (broad SMARTS) is 1. The number of hydrogen-bond donors (Lipinski definition) is 2. The summed E-state index contributed by atoms with van der Waals surface area (Å²) in [6.45, 7) is -0.0924. The summed E-state index contributed by atoms with van der Waals surface area (Å²) in [6.07, 6.45) is 1.22. The number of amides is 1. The summed E-state index contributed by atoms with van der Waals surface area (Å²) in [7, 11) is 1.47. The number of likely N-dealkylation sites (N-methyl/N-ethyl adjacent to an activating group) is 1. The van der Waals surface area contributed by atoms with Crippen LogP contribution in [0.5, 0.6) is 0 Å². The molecule has 0 radical (unpaired) electrons. The molecular weight excluding hydrogens is 282 g/mol. The average Bonchev–Trinajstić information content (AvgIpc) is 2.90. The fourth-order valence-corrected chi connectivity index (χ4v) is 2.17. The third-order valence-corrected chi connectivity index (χ3v) is 3.46. The van der Waals surface area contributed by atoms with E-state index in [-0.39, 0.29) is 19.8 Å². The van der Waals surface area contributed by atoms with E-state index in [0.29, 0.717) is 0 Å². The minimum Gasteiger partial charge on any atom is -0.481 e. The van der Waals surface area contributed by atoms with E-state index in [2.05, 4.69) is 0 Å². The van der Waals surface area contributed by atoms with E-state index in [1.165, 1.54) is 18.1 Å². The van der Waals surface area contributed by atoms with Gasteiger partial charge in [-0.2, -0.15) is 0 Å². The van der Waals surface area contributed by atoms with Crippen LogP contribution in [0, 0.1) is 5.92 Å². The van der Waals surface area contributed by atoms with Crippen LogP contribution in [-0.2, 0) is 20.9 Å². The number of carboxylic acids is 1. The number of carbonyl (C=O) groups is 2. The summed E-state index contributed by atoms with van der Waals surface area (Å²) in [5.41, 5.74) is -1.24. The third-order valence-electron chi connectivity index (χ3n) is 3.46. The van der Waals surface area contributed by atoms with Crippen LogP contribution in [0.3, 0.4) is 0 Å². The molecule has 1 aliphatic rings. The first kappa shape index (κ1) is 15.0. The van der Waals surface area contributed by atoms with Crippen LogP contribution in [-0.4, -0.2) is 57.7 Å². The van der Waals surface area contributed by atoms with Crippen LogP contribution in [0.25, 0.3) is 0 Å². The maximum absolute atomic E-state index is 12.1. The Hall–Kier alpha value is -2.42. The molecule has 1 aliphatic heterocycles. The highest BCUT2D eigenvalue weighted by Gasteiger charge is 2.38. The van der Waals surface area contributed by atoms with Gasteiger partial charge in [0.2, 0.25) is 5.91 Å². The first-order valence-electron chi connectivity index (χ1n) is 6.26. The van der Waals surface area contributed by atoms with Crippen molar-refractivity contribution in [2.75, 3.05) is 20.3 Å². The topological polar surface area (TPSA) is 122 Å². The van der Waals surface area contributed by atoms with Gasteiger partial charge in [-0.3, -0.25) is 23.9 Å². The molecule has 0 bridgehead atoms. The van der Waals surface area contributed by atoms with Crippen LogP contribution < -0.4 is 11.2 Å². The number of aromatic amines is 1. The van der Waals surface area contributed by atoms with Crippen molar-refractivity contribution in [1.29, 1.82) is 0 Å². The number of rotatable bonds is 4. The lowest BCUT2D eigenvalue weighted by Crippen LogP contribution is -2.46. The Morgan fingerprint density at radius 3 is 2.81 bits per heavy atom. The normalized spacial score (nSPS) is 21.2. The van der Waals surface area contributed by atoms with E-state index in [0.717, 1.165) is 10.6 Å². The Bertz CT molecular complexity index is 663. The minimum absolute atomic E-state index is 0.0518. The van der Waals surface area contributed by atoms with Gasteiger partial charge in [-0.15, -0.1) is 0 Å². The molecule has 0 spiro atoms. The third kappa shape index (κ3) is 3.19. The molecule has 2 atom stereocenters. The van der Waals surface area contributed by atoms with E-state index >= 15 is 0 Å². The zero-order chi connectivity index (χ0) is 15.6. The lowest BCUT2D eigenvalue weighted by atomic mass is 10.0. The van der Waals surface area contributed by atoms with Crippen molar-refractivity contribution >= 4 is 11.9 Å². The van der Waals surface area contributed by atoms with E-state index in [9.17, 15) is 19.2 Å². The number of nitrogens with one attached hydrogen (secondary N) is 1. The van der Waals surface area contributed by atoms with Crippen LogP contribution in [0.1, 0.15) is 0 Å². The fourth-order valence-electron chi connectivity index (χ4n) is 2.17. The second kappa shape index (κ2) is 5.92. The molecule has 114 valence electrons. The number of aliphatic carboxylic acids is 1. The number of nitrogens with zero attached hydrogens (tertiary/aromatic N) is 2. The average molecular weight is 297 g/mol. The van der Waals surface area contributed by atoms with Gasteiger partial charge in [0.25, 0.3) is 5.56 Å². The van der Waals surface area contributed by atoms with Gasteiger partial charge in [0.05, 0.1) is 19.3 Å². The summed E-state index contributed by atoms with van der Waals surface area (Å²) in [5, 5.41) is 9.07. The molecule has 1 aromatic heterocycles. The quantitative estimate of drug-likeness (QED) is 0.669. The Morgan fingerprint density at radius 2 is 2.19 bits per heavy atom. The maximum atomic E-state index is 12.1. The monoisotopic (exact) mass is 297 g/mol. The van der Waals surface area contributed by atoms with Crippen LogP contribution in [0.4, 0.5) is 0 Å². The smallest absolute Gasteiger partial charge is 0.328 e. The Morgan fingerprint density at radius 1 is 1.48 bits per heavy atom. The number of ether oxygens (including phenoxy) is 1. The zero-order valence-electron chi connectivity index (χ0n) is 11.3. The summed E-state index contributed by atoms with van der Waals surface area (Å²) in [4.78, 5) is 49.0. The maximum Gasteiger partial charge on any atom is 0.328 e. The van der Waals surface area contributed by atoms with Crippen molar-refractivity contribution < 1.29 is 19.4 Å². The van der Waals surface area contributed by atoms with E-state index in [4.69, 9.17) is 9.84 Å². The molecule has 0 aromatic carbocycles. The van der Waals surface area contributed by atoms with Crippen molar-refractivity contribution in [3.05, 3.63) is 33.1 Å². The molecule has 0 aliphatic carbocycles. The van der Waals surface area contributed by atoms with E-state index in [1.54, 1.807) is 0 Å². The van der Waals surface area contributed by atoms with Crippen molar-refractivity contribution in [3.8, 4) is 0 Å². The lowest BCUT2D eigenvalue weighted by Gasteiger charge is -2.26. The summed E-state index contributed by atoms with van der Waals surface area (Å²) in [5.74, 6) is -2.25. The standard InChI is InChI=1S/C12H15N3O6/c1-14(8-6-21-5-7(8)11(18)19)10(17)4-15-3-2-9(16)13-12(15)20/h2-3,7-8H,4-6H2,1H3,(H,18,19)(H,13,16,20). The van der Waals surface area contributed by atoms with Gasteiger partial charge in [-0.1, -0.05) is 0 Å². The van der Waals surface area contributed by atoms with Gasteiger partial charge < -0.3 is 14.7 Å². The van der Waals surface area contributed by atoms with Crippen LogP contribution in [0.15, 0.2) is 21.9 Å². The van der Waals surface area contributed by atoms with Gasteiger partial charge in [-0.25, -0.2) is 4.79 Å². The second-order valence-corrected chi connectivity index (χ2v) is 4.79. The van der Waals surface area contributed by atoms with Gasteiger partial charge in [0.15, 0.2) is 0 Å². The van der Waals surface area contributed by atoms with Gasteiger partial charge >= 0.3 is 11.7 Å².